The summed E-state index contributed by atoms with van der Waals surface area (Å²) >= 11 is 5.74. The number of carbonyl (C=O) groups is 1. The summed E-state index contributed by atoms with van der Waals surface area (Å²) in [4.78, 5) is 12.2. The molecule has 1 aromatic carbocycles. The van der Waals surface area contributed by atoms with Crippen molar-refractivity contribution in [2.24, 2.45) is 5.73 Å². The lowest BCUT2D eigenvalue weighted by molar-refractivity contribution is -0.123. The van der Waals surface area contributed by atoms with Gasteiger partial charge in [-0.3, -0.25) is 4.79 Å². The van der Waals surface area contributed by atoms with Crippen LogP contribution >= 0.6 is 11.6 Å². The van der Waals surface area contributed by atoms with Crippen LogP contribution in [0, 0.1) is 0 Å². The van der Waals surface area contributed by atoms with Crippen LogP contribution in [0.2, 0.25) is 5.02 Å². The average Bonchev–Trinajstić information content (AvgIpc) is 2.64. The molecule has 1 aliphatic rings. The zero-order valence-electron chi connectivity index (χ0n) is 11.4. The van der Waals surface area contributed by atoms with Gasteiger partial charge in [-0.25, -0.2) is 0 Å². The summed E-state index contributed by atoms with van der Waals surface area (Å²) in [5, 5.41) is 0.416. The SMILES string of the molecule is [2H][C@@]1(c2ccc(Cl)cc2)OC(N)=C(OS(=O)(=O)CC)C1=O. The third-order valence-corrected chi connectivity index (χ3v) is 3.90. The summed E-state index contributed by atoms with van der Waals surface area (Å²) in [7, 11) is -3.95. The molecule has 0 aliphatic carbocycles. The molecule has 0 unspecified atom stereocenters. The Labute approximate surface area is 122 Å². The van der Waals surface area contributed by atoms with Gasteiger partial charge in [0.2, 0.25) is 17.4 Å². The molecule has 0 saturated heterocycles. The predicted octanol–water partition coefficient (Wildman–Crippen LogP) is 1.47. The van der Waals surface area contributed by atoms with E-state index in [4.69, 9.17) is 23.4 Å². The van der Waals surface area contributed by atoms with Gasteiger partial charge in [-0.1, -0.05) is 23.7 Å². The van der Waals surface area contributed by atoms with E-state index in [1.54, 1.807) is 0 Å². The Kier molecular flexibility index (Phi) is 3.54. The van der Waals surface area contributed by atoms with Gasteiger partial charge in [-0.2, -0.15) is 8.42 Å². The molecule has 6 nitrogen and oxygen atoms in total. The first-order chi connectivity index (χ1) is 9.69. The summed E-state index contributed by atoms with van der Waals surface area (Å²) < 4.78 is 40.6. The van der Waals surface area contributed by atoms with E-state index >= 15 is 0 Å². The van der Waals surface area contributed by atoms with Crippen LogP contribution in [0.3, 0.4) is 0 Å². The maximum absolute atomic E-state index is 12.2. The number of nitrogens with two attached hydrogens (primary N) is 1. The van der Waals surface area contributed by atoms with Gasteiger partial charge in [0.1, 0.15) is 0 Å². The standard InChI is InChI=1S/C12H12ClNO5S/c1-2-20(16,17)19-11-9(15)10(18-12(11)14)7-3-5-8(13)6-4-7/h3-6,10H,2,14H2,1H3/t10-/m0/s1/i10D. The molecule has 0 saturated carbocycles. The van der Waals surface area contributed by atoms with Gasteiger partial charge in [-0.05, 0) is 19.1 Å². The second kappa shape index (κ2) is 5.34. The maximum Gasteiger partial charge on any atom is 0.309 e. The van der Waals surface area contributed by atoms with Crippen LogP contribution in [0.25, 0.3) is 0 Å². The number of ketones is 1. The number of carbonyl (C=O) groups excluding carboxylic acids is 1. The molecule has 0 fully saturated rings. The van der Waals surface area contributed by atoms with Gasteiger partial charge >= 0.3 is 10.1 Å². The van der Waals surface area contributed by atoms with Gasteiger partial charge in [0.25, 0.3) is 0 Å². The highest BCUT2D eigenvalue weighted by Gasteiger charge is 2.39. The van der Waals surface area contributed by atoms with E-state index in [0.29, 0.717) is 5.02 Å². The average molecular weight is 319 g/mol. The quantitative estimate of drug-likeness (QED) is 0.845. The first-order valence-electron chi connectivity index (χ1n) is 6.11. The molecule has 1 heterocycles. The van der Waals surface area contributed by atoms with Crippen molar-refractivity contribution >= 4 is 27.5 Å². The van der Waals surface area contributed by atoms with Gasteiger partial charge in [0, 0.05) is 10.6 Å². The zero-order valence-corrected chi connectivity index (χ0v) is 12.0. The Morgan fingerprint density at radius 3 is 2.60 bits per heavy atom. The Bertz CT molecular complexity index is 716. The van der Waals surface area contributed by atoms with Crippen molar-refractivity contribution in [1.82, 2.24) is 0 Å². The molecular weight excluding hydrogens is 306 g/mol. The maximum atomic E-state index is 12.2. The molecule has 0 radical (unpaired) electrons. The second-order valence-corrected chi connectivity index (χ2v) is 6.19. The number of ether oxygens (including phenoxy) is 1. The smallest absolute Gasteiger partial charge is 0.309 e. The van der Waals surface area contributed by atoms with Crippen molar-refractivity contribution in [3.63, 3.8) is 0 Å². The third kappa shape index (κ3) is 2.88. The van der Waals surface area contributed by atoms with Crippen LogP contribution < -0.4 is 5.73 Å². The Hall–Kier alpha value is -1.73. The summed E-state index contributed by atoms with van der Waals surface area (Å²) in [6, 6.07) is 5.78. The van der Waals surface area contributed by atoms with Crippen LogP contribution in [-0.4, -0.2) is 20.0 Å². The zero-order chi connectivity index (χ0) is 15.8. The van der Waals surface area contributed by atoms with E-state index in [-0.39, 0.29) is 11.3 Å². The van der Waals surface area contributed by atoms with Crippen molar-refractivity contribution in [3.8, 4) is 0 Å². The van der Waals surface area contributed by atoms with Crippen molar-refractivity contribution in [2.75, 3.05) is 5.75 Å². The molecule has 0 bridgehead atoms. The van der Waals surface area contributed by atoms with E-state index in [9.17, 15) is 13.2 Å². The predicted molar refractivity (Wildman–Crippen MR) is 72.0 cm³/mol. The van der Waals surface area contributed by atoms with Crippen molar-refractivity contribution < 1.29 is 23.5 Å². The normalized spacial score (nSPS) is 23.5. The van der Waals surface area contributed by atoms with Crippen LogP contribution in [0.4, 0.5) is 0 Å². The number of rotatable bonds is 4. The van der Waals surface area contributed by atoms with Gasteiger partial charge in [0.15, 0.2) is 6.08 Å². The molecule has 1 aromatic rings. The molecule has 0 aromatic heterocycles. The van der Waals surface area contributed by atoms with Crippen LogP contribution in [0.15, 0.2) is 35.9 Å². The fourth-order valence-electron chi connectivity index (χ4n) is 1.47. The monoisotopic (exact) mass is 318 g/mol. The third-order valence-electron chi connectivity index (χ3n) is 2.52. The molecule has 20 heavy (non-hydrogen) atoms. The van der Waals surface area contributed by atoms with E-state index in [0.717, 1.165) is 0 Å². The minimum Gasteiger partial charge on any atom is -0.460 e. The Balaban J connectivity index is 2.36. The molecule has 2 rings (SSSR count). The molecule has 1 aliphatic heterocycles. The summed E-state index contributed by atoms with van der Waals surface area (Å²) in [6.45, 7) is 1.35. The molecule has 108 valence electrons. The molecule has 8 heteroatoms. The van der Waals surface area contributed by atoms with E-state index in [2.05, 4.69) is 4.18 Å². The summed E-state index contributed by atoms with van der Waals surface area (Å²) in [5.74, 6) is -2.55. The van der Waals surface area contributed by atoms with Crippen LogP contribution in [0.5, 0.6) is 0 Å². The lowest BCUT2D eigenvalue weighted by atomic mass is 10.1. The minimum atomic E-state index is -3.95. The first-order valence-corrected chi connectivity index (χ1v) is 7.57. The van der Waals surface area contributed by atoms with Gasteiger partial charge < -0.3 is 14.7 Å². The molecule has 0 spiro atoms. The van der Waals surface area contributed by atoms with Crippen LogP contribution in [-0.2, 0) is 23.8 Å². The minimum absolute atomic E-state index is 0.160. The molecular formula is C12H12ClNO5S. The fourth-order valence-corrected chi connectivity index (χ4v) is 2.13. The van der Waals surface area contributed by atoms with Crippen LogP contribution in [0.1, 0.15) is 19.9 Å². The highest BCUT2D eigenvalue weighted by Crippen LogP contribution is 2.32. The van der Waals surface area contributed by atoms with E-state index in [1.807, 2.05) is 0 Å². The second-order valence-electron chi connectivity index (χ2n) is 3.89. The van der Waals surface area contributed by atoms with Crippen molar-refractivity contribution in [1.29, 1.82) is 0 Å². The number of benzene rings is 1. The Morgan fingerprint density at radius 2 is 2.05 bits per heavy atom. The number of halogens is 1. The molecule has 0 amide bonds. The van der Waals surface area contributed by atoms with E-state index < -0.39 is 33.6 Å². The fraction of sp³-hybridized carbons (Fsp3) is 0.250. The van der Waals surface area contributed by atoms with Crippen molar-refractivity contribution in [2.45, 2.75) is 13.0 Å². The van der Waals surface area contributed by atoms with Gasteiger partial charge in [0.05, 0.1) is 7.12 Å². The highest BCUT2D eigenvalue weighted by atomic mass is 35.5. The number of hydrogen-bond acceptors (Lipinski definition) is 6. The van der Waals surface area contributed by atoms with Crippen molar-refractivity contribution in [3.05, 3.63) is 46.5 Å². The largest absolute Gasteiger partial charge is 0.460 e. The Morgan fingerprint density at radius 1 is 1.45 bits per heavy atom. The highest BCUT2D eigenvalue weighted by molar-refractivity contribution is 7.86. The lowest BCUT2D eigenvalue weighted by Gasteiger charge is -2.09. The molecule has 1 atom stereocenters. The summed E-state index contributed by atoms with van der Waals surface area (Å²) in [6.07, 6.45) is -2.19. The van der Waals surface area contributed by atoms with Gasteiger partial charge in [-0.15, -0.1) is 0 Å². The number of Topliss-reactive ketones (excluding diaryl/α,β-unsaturated/α-hetero) is 1. The van der Waals surface area contributed by atoms with E-state index in [1.165, 1.54) is 31.2 Å². The lowest BCUT2D eigenvalue weighted by Crippen LogP contribution is -2.16. The summed E-state index contributed by atoms with van der Waals surface area (Å²) in [5.41, 5.74) is 5.63. The first kappa shape index (κ1) is 13.3. The topological polar surface area (TPSA) is 95.7 Å². The number of hydrogen-bond donors (Lipinski definition) is 1. The molecule has 2 N–H and O–H groups in total.